The van der Waals surface area contributed by atoms with Crippen LogP contribution in [-0.2, 0) is 11.4 Å². The molecule has 0 aliphatic carbocycles. The zero-order valence-electron chi connectivity index (χ0n) is 22.5. The monoisotopic (exact) mass is 524 g/mol. The zero-order valence-corrected chi connectivity index (χ0v) is 22.5. The van der Waals surface area contributed by atoms with E-state index in [1.165, 1.54) is 14.2 Å². The van der Waals surface area contributed by atoms with Crippen molar-refractivity contribution in [3.05, 3.63) is 118 Å². The SMILES string of the molecule is COc1cc(OC)cc(C(C(=O)O)c2c(/C=C/c3ccc(OCc4ccccc4)cc3)cc(C)cc2OC)c1. The van der Waals surface area contributed by atoms with Crippen LogP contribution in [0.4, 0.5) is 0 Å². The molecule has 1 atom stereocenters. The van der Waals surface area contributed by atoms with Gasteiger partial charge in [-0.2, -0.15) is 0 Å². The Morgan fingerprint density at radius 3 is 2.05 bits per heavy atom. The number of ether oxygens (including phenoxy) is 4. The minimum absolute atomic E-state index is 0.494. The van der Waals surface area contributed by atoms with E-state index in [2.05, 4.69) is 0 Å². The Balaban J connectivity index is 1.67. The van der Waals surface area contributed by atoms with E-state index in [1.54, 1.807) is 25.3 Å². The van der Waals surface area contributed by atoms with Gasteiger partial charge < -0.3 is 24.1 Å². The number of methoxy groups -OCH3 is 3. The number of hydrogen-bond acceptors (Lipinski definition) is 5. The molecular formula is C33H32O6. The number of benzene rings is 4. The molecule has 6 nitrogen and oxygen atoms in total. The molecule has 0 saturated carbocycles. The van der Waals surface area contributed by atoms with Crippen molar-refractivity contribution in [3.8, 4) is 23.0 Å². The Kier molecular flexibility index (Phi) is 8.90. The van der Waals surface area contributed by atoms with Gasteiger partial charge in [-0.15, -0.1) is 0 Å². The Bertz CT molecular complexity index is 1420. The number of rotatable bonds is 11. The molecule has 39 heavy (non-hydrogen) atoms. The van der Waals surface area contributed by atoms with E-state index in [4.69, 9.17) is 18.9 Å². The summed E-state index contributed by atoms with van der Waals surface area (Å²) in [5.74, 6) is 0.252. The van der Waals surface area contributed by atoms with Crippen molar-refractivity contribution >= 4 is 18.1 Å². The van der Waals surface area contributed by atoms with Crippen molar-refractivity contribution in [1.82, 2.24) is 0 Å². The Morgan fingerprint density at radius 1 is 0.795 bits per heavy atom. The lowest BCUT2D eigenvalue weighted by molar-refractivity contribution is -0.137. The van der Waals surface area contributed by atoms with Gasteiger partial charge in [-0.25, -0.2) is 0 Å². The molecule has 4 aromatic carbocycles. The van der Waals surface area contributed by atoms with Crippen molar-refractivity contribution < 1.29 is 28.8 Å². The van der Waals surface area contributed by atoms with Gasteiger partial charge in [0.15, 0.2) is 0 Å². The van der Waals surface area contributed by atoms with E-state index in [-0.39, 0.29) is 0 Å². The third kappa shape index (κ3) is 6.79. The van der Waals surface area contributed by atoms with Gasteiger partial charge in [-0.1, -0.05) is 60.7 Å². The second-order valence-corrected chi connectivity index (χ2v) is 9.06. The molecule has 6 heteroatoms. The molecule has 0 bridgehead atoms. The maximum atomic E-state index is 12.7. The molecule has 0 saturated heterocycles. The first kappa shape index (κ1) is 27.3. The highest BCUT2D eigenvalue weighted by molar-refractivity contribution is 5.85. The minimum Gasteiger partial charge on any atom is -0.497 e. The fourth-order valence-electron chi connectivity index (χ4n) is 4.44. The second-order valence-electron chi connectivity index (χ2n) is 9.06. The summed E-state index contributed by atoms with van der Waals surface area (Å²) >= 11 is 0. The molecular weight excluding hydrogens is 492 g/mol. The third-order valence-corrected chi connectivity index (χ3v) is 6.36. The lowest BCUT2D eigenvalue weighted by atomic mass is 9.86. The molecule has 0 heterocycles. The van der Waals surface area contributed by atoms with Crippen LogP contribution in [-0.4, -0.2) is 32.4 Å². The Morgan fingerprint density at radius 2 is 1.46 bits per heavy atom. The highest BCUT2D eigenvalue weighted by Crippen LogP contribution is 2.39. The first-order chi connectivity index (χ1) is 18.9. The summed E-state index contributed by atoms with van der Waals surface area (Å²) in [5, 5.41) is 10.4. The van der Waals surface area contributed by atoms with Gasteiger partial charge in [0.1, 0.15) is 35.5 Å². The smallest absolute Gasteiger partial charge is 0.315 e. The van der Waals surface area contributed by atoms with E-state index < -0.39 is 11.9 Å². The summed E-state index contributed by atoms with van der Waals surface area (Å²) in [7, 11) is 4.62. The van der Waals surface area contributed by atoms with Crippen LogP contribution in [0, 0.1) is 6.92 Å². The van der Waals surface area contributed by atoms with E-state index in [0.29, 0.717) is 35.0 Å². The molecule has 0 spiro atoms. The first-order valence-electron chi connectivity index (χ1n) is 12.5. The molecule has 4 aromatic rings. The summed E-state index contributed by atoms with van der Waals surface area (Å²) in [6.07, 6.45) is 3.86. The highest BCUT2D eigenvalue weighted by Gasteiger charge is 2.29. The predicted molar refractivity (Wildman–Crippen MR) is 153 cm³/mol. The van der Waals surface area contributed by atoms with Gasteiger partial charge in [0, 0.05) is 11.6 Å². The van der Waals surface area contributed by atoms with Crippen LogP contribution >= 0.6 is 0 Å². The molecule has 1 N–H and O–H groups in total. The van der Waals surface area contributed by atoms with E-state index in [1.807, 2.05) is 85.8 Å². The molecule has 0 aromatic heterocycles. The number of carboxylic acid groups (broad SMARTS) is 1. The minimum atomic E-state index is -1.02. The molecule has 0 aliphatic rings. The molecule has 200 valence electrons. The number of carbonyl (C=O) groups is 1. The normalized spacial score (nSPS) is 11.7. The largest absolute Gasteiger partial charge is 0.497 e. The standard InChI is InChI=1S/C33H32O6/c1-22-16-25(13-10-23-11-14-27(15-12-23)39-21-24-8-6-5-7-9-24)31(30(17-22)38-4)32(33(34)35)26-18-28(36-2)20-29(19-26)37-3/h5-20,32H,21H2,1-4H3,(H,34,35)/b13-10+. The fourth-order valence-corrected chi connectivity index (χ4v) is 4.44. The molecule has 4 rings (SSSR count). The van der Waals surface area contributed by atoms with E-state index >= 15 is 0 Å². The van der Waals surface area contributed by atoms with Crippen molar-refractivity contribution in [2.24, 2.45) is 0 Å². The maximum absolute atomic E-state index is 12.7. The second kappa shape index (κ2) is 12.7. The Hall–Kier alpha value is -4.71. The van der Waals surface area contributed by atoms with Gasteiger partial charge >= 0.3 is 5.97 Å². The average Bonchev–Trinajstić information content (AvgIpc) is 2.96. The van der Waals surface area contributed by atoms with Crippen molar-refractivity contribution in [2.45, 2.75) is 19.4 Å². The molecule has 0 fully saturated rings. The van der Waals surface area contributed by atoms with Crippen LogP contribution in [0.25, 0.3) is 12.2 Å². The van der Waals surface area contributed by atoms with Gasteiger partial charge in [0.05, 0.1) is 21.3 Å². The van der Waals surface area contributed by atoms with Gasteiger partial charge in [0.25, 0.3) is 0 Å². The fraction of sp³-hybridized carbons (Fsp3) is 0.182. The van der Waals surface area contributed by atoms with Crippen molar-refractivity contribution in [2.75, 3.05) is 21.3 Å². The zero-order chi connectivity index (χ0) is 27.8. The van der Waals surface area contributed by atoms with Gasteiger partial charge in [-0.05, 0) is 65.1 Å². The van der Waals surface area contributed by atoms with Gasteiger partial charge in [0.2, 0.25) is 0 Å². The van der Waals surface area contributed by atoms with Crippen LogP contribution in [0.5, 0.6) is 23.0 Å². The summed E-state index contributed by atoms with van der Waals surface area (Å²) in [4.78, 5) is 12.7. The van der Waals surface area contributed by atoms with Crippen molar-refractivity contribution in [1.29, 1.82) is 0 Å². The highest BCUT2D eigenvalue weighted by atomic mass is 16.5. The molecule has 1 unspecified atom stereocenters. The predicted octanol–water partition coefficient (Wildman–Crippen LogP) is 6.99. The molecule has 0 aliphatic heterocycles. The molecule has 0 amide bonds. The summed E-state index contributed by atoms with van der Waals surface area (Å²) in [6.45, 7) is 2.45. The maximum Gasteiger partial charge on any atom is 0.315 e. The van der Waals surface area contributed by atoms with Crippen LogP contribution < -0.4 is 18.9 Å². The lowest BCUT2D eigenvalue weighted by Gasteiger charge is -2.21. The number of carboxylic acids is 1. The van der Waals surface area contributed by atoms with E-state index in [0.717, 1.165) is 28.0 Å². The van der Waals surface area contributed by atoms with Crippen LogP contribution in [0.3, 0.4) is 0 Å². The quantitative estimate of drug-likeness (QED) is 0.213. The van der Waals surface area contributed by atoms with E-state index in [9.17, 15) is 9.90 Å². The average molecular weight is 525 g/mol. The number of hydrogen-bond donors (Lipinski definition) is 1. The summed E-state index contributed by atoms with van der Waals surface area (Å²) in [5.41, 5.74) is 4.81. The number of aliphatic carboxylic acids is 1. The number of aryl methyl sites for hydroxylation is 1. The van der Waals surface area contributed by atoms with Crippen LogP contribution in [0.15, 0.2) is 84.9 Å². The molecule has 0 radical (unpaired) electrons. The van der Waals surface area contributed by atoms with Crippen molar-refractivity contribution in [3.63, 3.8) is 0 Å². The Labute approximate surface area is 229 Å². The summed E-state index contributed by atoms with van der Waals surface area (Å²) < 4.78 is 22.4. The lowest BCUT2D eigenvalue weighted by Crippen LogP contribution is -2.16. The summed E-state index contributed by atoms with van der Waals surface area (Å²) in [6, 6.07) is 26.7. The topological polar surface area (TPSA) is 74.2 Å². The van der Waals surface area contributed by atoms with Crippen LogP contribution in [0.2, 0.25) is 0 Å². The first-order valence-corrected chi connectivity index (χ1v) is 12.5. The van der Waals surface area contributed by atoms with Crippen LogP contribution in [0.1, 0.15) is 39.3 Å². The third-order valence-electron chi connectivity index (χ3n) is 6.36. The van der Waals surface area contributed by atoms with Gasteiger partial charge in [-0.3, -0.25) is 4.79 Å².